The standard InChI is InChI=1S/C15H13N5/c1-3-7-13(8-4-1)16-12-11-15-17-18-19-20(15)14-9-5-2-6-10-14/h1-12,16H/b12-11-. The third-order valence-electron chi connectivity index (χ3n) is 2.75. The first-order chi connectivity index (χ1) is 9.93. The molecule has 98 valence electrons. The molecule has 0 aliphatic heterocycles. The molecule has 3 aromatic rings. The summed E-state index contributed by atoms with van der Waals surface area (Å²) < 4.78 is 1.68. The molecule has 1 N–H and O–H groups in total. The predicted octanol–water partition coefficient (Wildman–Crippen LogP) is 2.75. The molecule has 20 heavy (non-hydrogen) atoms. The van der Waals surface area contributed by atoms with E-state index in [1.54, 1.807) is 4.68 Å². The SMILES string of the molecule is C(=C/c1nnnn1-c1ccccc1)/Nc1ccccc1. The number of anilines is 1. The highest BCUT2D eigenvalue weighted by Gasteiger charge is 2.03. The molecule has 0 amide bonds. The Kier molecular flexibility index (Phi) is 3.51. The van der Waals surface area contributed by atoms with Crippen LogP contribution in [0.4, 0.5) is 5.69 Å². The number of tetrazole rings is 1. The maximum absolute atomic E-state index is 4.00. The molecule has 5 heteroatoms. The lowest BCUT2D eigenvalue weighted by molar-refractivity contribution is 0.787. The van der Waals surface area contributed by atoms with E-state index in [4.69, 9.17) is 0 Å². The Balaban J connectivity index is 1.77. The van der Waals surface area contributed by atoms with Crippen LogP contribution in [-0.4, -0.2) is 20.2 Å². The molecule has 0 unspecified atom stereocenters. The summed E-state index contributed by atoms with van der Waals surface area (Å²) in [6.45, 7) is 0. The summed E-state index contributed by atoms with van der Waals surface area (Å²) in [7, 11) is 0. The second-order valence-electron chi connectivity index (χ2n) is 4.13. The molecule has 0 saturated heterocycles. The molecule has 0 bridgehead atoms. The summed E-state index contributed by atoms with van der Waals surface area (Å²) in [6, 6.07) is 19.7. The van der Waals surface area contributed by atoms with Crippen molar-refractivity contribution >= 4 is 11.8 Å². The van der Waals surface area contributed by atoms with Crippen molar-refractivity contribution in [3.63, 3.8) is 0 Å². The molecule has 0 spiro atoms. The molecule has 0 atom stereocenters. The lowest BCUT2D eigenvalue weighted by atomic mass is 10.3. The van der Waals surface area contributed by atoms with Gasteiger partial charge in [-0.2, -0.15) is 4.68 Å². The van der Waals surface area contributed by atoms with Gasteiger partial charge in [0.15, 0.2) is 5.82 Å². The summed E-state index contributed by atoms with van der Waals surface area (Å²) in [4.78, 5) is 0. The Morgan fingerprint density at radius 1 is 0.900 bits per heavy atom. The number of para-hydroxylation sites is 2. The highest BCUT2D eigenvalue weighted by Crippen LogP contribution is 2.09. The van der Waals surface area contributed by atoms with Crippen LogP contribution in [-0.2, 0) is 0 Å². The zero-order chi connectivity index (χ0) is 13.6. The number of rotatable bonds is 4. The van der Waals surface area contributed by atoms with Crippen LogP contribution < -0.4 is 5.32 Å². The lowest BCUT2D eigenvalue weighted by Gasteiger charge is -2.01. The van der Waals surface area contributed by atoms with Crippen molar-refractivity contribution in [2.45, 2.75) is 0 Å². The van der Waals surface area contributed by atoms with E-state index in [0.29, 0.717) is 5.82 Å². The van der Waals surface area contributed by atoms with Crippen molar-refractivity contribution in [2.75, 3.05) is 5.32 Å². The fourth-order valence-electron chi connectivity index (χ4n) is 1.80. The van der Waals surface area contributed by atoms with Crippen LogP contribution >= 0.6 is 0 Å². The molecule has 0 radical (unpaired) electrons. The molecule has 5 nitrogen and oxygen atoms in total. The minimum atomic E-state index is 0.666. The third-order valence-corrected chi connectivity index (χ3v) is 2.75. The van der Waals surface area contributed by atoms with Crippen molar-refractivity contribution in [1.29, 1.82) is 0 Å². The van der Waals surface area contributed by atoms with Crippen molar-refractivity contribution in [3.05, 3.63) is 72.7 Å². The van der Waals surface area contributed by atoms with E-state index in [1.807, 2.05) is 72.9 Å². The van der Waals surface area contributed by atoms with E-state index in [9.17, 15) is 0 Å². The molecule has 0 fully saturated rings. The predicted molar refractivity (Wildman–Crippen MR) is 78.3 cm³/mol. The number of nitrogens with zero attached hydrogens (tertiary/aromatic N) is 4. The first-order valence-electron chi connectivity index (χ1n) is 6.25. The van der Waals surface area contributed by atoms with Crippen molar-refractivity contribution < 1.29 is 0 Å². The lowest BCUT2D eigenvalue weighted by Crippen LogP contribution is -1.99. The van der Waals surface area contributed by atoms with Gasteiger partial charge in [0.05, 0.1) is 5.69 Å². The van der Waals surface area contributed by atoms with Gasteiger partial charge in [0.1, 0.15) is 0 Å². The van der Waals surface area contributed by atoms with Gasteiger partial charge in [0.25, 0.3) is 0 Å². The van der Waals surface area contributed by atoms with Crippen molar-refractivity contribution in [1.82, 2.24) is 20.2 Å². The topological polar surface area (TPSA) is 55.6 Å². The Bertz CT molecular complexity index is 689. The van der Waals surface area contributed by atoms with Gasteiger partial charge in [-0.1, -0.05) is 36.4 Å². The molecular weight excluding hydrogens is 250 g/mol. The molecular formula is C15H13N5. The molecule has 2 aromatic carbocycles. The number of hydrogen-bond donors (Lipinski definition) is 1. The Morgan fingerprint density at radius 3 is 2.35 bits per heavy atom. The van der Waals surface area contributed by atoms with Gasteiger partial charge in [0.2, 0.25) is 0 Å². The number of aromatic nitrogens is 4. The number of hydrogen-bond acceptors (Lipinski definition) is 4. The van der Waals surface area contributed by atoms with Gasteiger partial charge in [0, 0.05) is 18.0 Å². The summed E-state index contributed by atoms with van der Waals surface area (Å²) in [5.74, 6) is 0.666. The number of benzene rings is 2. The van der Waals surface area contributed by atoms with Gasteiger partial charge >= 0.3 is 0 Å². The highest BCUT2D eigenvalue weighted by molar-refractivity contribution is 5.52. The van der Waals surface area contributed by atoms with Gasteiger partial charge in [-0.05, 0) is 34.7 Å². The average Bonchev–Trinajstić information content (AvgIpc) is 2.98. The summed E-state index contributed by atoms with van der Waals surface area (Å²) >= 11 is 0. The Morgan fingerprint density at radius 2 is 1.60 bits per heavy atom. The van der Waals surface area contributed by atoms with Gasteiger partial charge in [-0.3, -0.25) is 0 Å². The number of nitrogens with one attached hydrogen (secondary N) is 1. The quantitative estimate of drug-likeness (QED) is 0.786. The molecule has 1 aromatic heterocycles. The molecule has 0 saturated carbocycles. The monoisotopic (exact) mass is 263 g/mol. The first-order valence-corrected chi connectivity index (χ1v) is 6.25. The van der Waals surface area contributed by atoms with Gasteiger partial charge < -0.3 is 5.32 Å². The Hall–Kier alpha value is -2.95. The minimum Gasteiger partial charge on any atom is -0.362 e. The van der Waals surface area contributed by atoms with Crippen LogP contribution in [0.5, 0.6) is 0 Å². The van der Waals surface area contributed by atoms with E-state index in [0.717, 1.165) is 11.4 Å². The fraction of sp³-hybridized carbons (Fsp3) is 0. The summed E-state index contributed by atoms with van der Waals surface area (Å²) in [5.41, 5.74) is 1.94. The second-order valence-corrected chi connectivity index (χ2v) is 4.13. The maximum Gasteiger partial charge on any atom is 0.181 e. The third kappa shape index (κ3) is 2.72. The van der Waals surface area contributed by atoms with Crippen molar-refractivity contribution in [3.8, 4) is 5.69 Å². The Labute approximate surface area is 116 Å². The van der Waals surface area contributed by atoms with Crippen LogP contribution in [0.2, 0.25) is 0 Å². The van der Waals surface area contributed by atoms with Crippen molar-refractivity contribution in [2.24, 2.45) is 0 Å². The second kappa shape index (κ2) is 5.79. The minimum absolute atomic E-state index is 0.666. The van der Waals surface area contributed by atoms with E-state index in [1.165, 1.54) is 0 Å². The average molecular weight is 263 g/mol. The zero-order valence-corrected chi connectivity index (χ0v) is 10.7. The smallest absolute Gasteiger partial charge is 0.181 e. The van der Waals surface area contributed by atoms with E-state index in [2.05, 4.69) is 20.8 Å². The molecule has 3 rings (SSSR count). The van der Waals surface area contributed by atoms with E-state index >= 15 is 0 Å². The summed E-state index contributed by atoms with van der Waals surface area (Å²) in [5, 5.41) is 14.9. The zero-order valence-electron chi connectivity index (χ0n) is 10.7. The normalized spacial score (nSPS) is 10.8. The highest BCUT2D eigenvalue weighted by atomic mass is 15.5. The molecule has 1 heterocycles. The fourth-order valence-corrected chi connectivity index (χ4v) is 1.80. The molecule has 0 aliphatic carbocycles. The van der Waals surface area contributed by atoms with Gasteiger partial charge in [-0.25, -0.2) is 0 Å². The van der Waals surface area contributed by atoms with Crippen LogP contribution in [0.1, 0.15) is 5.82 Å². The first kappa shape index (κ1) is 12.1. The van der Waals surface area contributed by atoms with Crippen LogP contribution in [0.3, 0.4) is 0 Å². The van der Waals surface area contributed by atoms with Crippen LogP contribution in [0.25, 0.3) is 11.8 Å². The summed E-state index contributed by atoms with van der Waals surface area (Å²) in [6.07, 6.45) is 3.65. The van der Waals surface area contributed by atoms with Crippen LogP contribution in [0.15, 0.2) is 66.9 Å². The largest absolute Gasteiger partial charge is 0.362 e. The van der Waals surface area contributed by atoms with E-state index < -0.39 is 0 Å². The maximum atomic E-state index is 4.00. The van der Waals surface area contributed by atoms with Gasteiger partial charge in [-0.15, -0.1) is 5.10 Å². The van der Waals surface area contributed by atoms with Crippen LogP contribution in [0, 0.1) is 0 Å². The van der Waals surface area contributed by atoms with E-state index in [-0.39, 0.29) is 0 Å². The molecule has 0 aliphatic rings.